The molecule has 0 spiro atoms. The molecular weight excluding hydrogens is 316 g/mol. The second-order valence-corrected chi connectivity index (χ2v) is 5.41. The van der Waals surface area contributed by atoms with Crippen LogP contribution in [0.3, 0.4) is 0 Å². The van der Waals surface area contributed by atoms with Gasteiger partial charge in [0, 0.05) is 0 Å². The third-order valence-electron chi connectivity index (χ3n) is 3.02. The van der Waals surface area contributed by atoms with Gasteiger partial charge in [0.1, 0.15) is 13.2 Å². The van der Waals surface area contributed by atoms with Crippen molar-refractivity contribution in [2.75, 3.05) is 13.2 Å². The van der Waals surface area contributed by atoms with E-state index < -0.39 is 36.0 Å². The molecule has 0 aliphatic heterocycles. The highest BCUT2D eigenvalue weighted by molar-refractivity contribution is 6.03. The molecule has 0 aromatic heterocycles. The number of benzene rings is 1. The van der Waals surface area contributed by atoms with Crippen LogP contribution in [-0.2, 0) is 14.3 Å². The van der Waals surface area contributed by atoms with Gasteiger partial charge in [-0.05, 0) is 32.1 Å². The highest BCUT2D eigenvalue weighted by atomic mass is 16.5. The van der Waals surface area contributed by atoms with Crippen molar-refractivity contribution in [1.29, 1.82) is 0 Å². The van der Waals surface area contributed by atoms with Crippen molar-refractivity contribution in [3.63, 3.8) is 0 Å². The summed E-state index contributed by atoms with van der Waals surface area (Å²) in [4.78, 5) is 35.6. The standard InChI is InChI=1S/C17H20O7/c1-4-14(19)17(3,22)10-24-16(21)13-8-6-5-7-12(13)15(20)23-9-11(2)18/h4-8,11,18,22H,1,9-10H2,2-3H3. The van der Waals surface area contributed by atoms with E-state index in [0.29, 0.717) is 0 Å². The lowest BCUT2D eigenvalue weighted by atomic mass is 10.0. The van der Waals surface area contributed by atoms with Crippen LogP contribution in [0.1, 0.15) is 34.6 Å². The Morgan fingerprint density at radius 2 is 1.71 bits per heavy atom. The van der Waals surface area contributed by atoms with Crippen molar-refractivity contribution >= 4 is 17.7 Å². The molecule has 0 saturated heterocycles. The van der Waals surface area contributed by atoms with E-state index in [4.69, 9.17) is 14.6 Å². The molecule has 130 valence electrons. The van der Waals surface area contributed by atoms with Crippen LogP contribution in [0.2, 0.25) is 0 Å². The summed E-state index contributed by atoms with van der Waals surface area (Å²) < 4.78 is 9.79. The zero-order chi connectivity index (χ0) is 18.3. The second kappa shape index (κ2) is 8.37. The van der Waals surface area contributed by atoms with E-state index in [0.717, 1.165) is 6.08 Å². The molecule has 0 aliphatic rings. The summed E-state index contributed by atoms with van der Waals surface area (Å²) in [7, 11) is 0. The lowest BCUT2D eigenvalue weighted by molar-refractivity contribution is -0.134. The minimum atomic E-state index is -1.90. The van der Waals surface area contributed by atoms with E-state index in [2.05, 4.69) is 6.58 Å². The SMILES string of the molecule is C=CC(=O)C(C)(O)COC(=O)c1ccccc1C(=O)OCC(C)O. The van der Waals surface area contributed by atoms with Gasteiger partial charge in [-0.3, -0.25) is 4.79 Å². The van der Waals surface area contributed by atoms with Crippen molar-refractivity contribution in [2.45, 2.75) is 25.6 Å². The maximum Gasteiger partial charge on any atom is 0.339 e. The third kappa shape index (κ3) is 5.29. The first-order chi connectivity index (χ1) is 11.2. The molecule has 7 heteroatoms. The van der Waals surface area contributed by atoms with Crippen molar-refractivity contribution in [1.82, 2.24) is 0 Å². The van der Waals surface area contributed by atoms with Gasteiger partial charge in [0.25, 0.3) is 0 Å². The predicted octanol–water partition coefficient (Wildman–Crippen LogP) is 0.887. The monoisotopic (exact) mass is 336 g/mol. The van der Waals surface area contributed by atoms with Crippen LogP contribution < -0.4 is 0 Å². The Labute approximate surface area is 139 Å². The predicted molar refractivity (Wildman–Crippen MR) is 84.5 cm³/mol. The molecule has 7 nitrogen and oxygen atoms in total. The molecule has 0 radical (unpaired) electrons. The second-order valence-electron chi connectivity index (χ2n) is 5.41. The van der Waals surface area contributed by atoms with Crippen LogP contribution in [0, 0.1) is 0 Å². The fraction of sp³-hybridized carbons (Fsp3) is 0.353. The number of hydrogen-bond acceptors (Lipinski definition) is 7. The Balaban J connectivity index is 2.86. The lowest BCUT2D eigenvalue weighted by Crippen LogP contribution is -2.39. The van der Waals surface area contributed by atoms with E-state index in [9.17, 15) is 19.5 Å². The van der Waals surface area contributed by atoms with Gasteiger partial charge in [-0.1, -0.05) is 18.7 Å². The summed E-state index contributed by atoms with van der Waals surface area (Å²) in [6, 6.07) is 5.78. The van der Waals surface area contributed by atoms with Crippen molar-refractivity contribution < 1.29 is 34.1 Å². The Bertz CT molecular complexity index is 632. The fourth-order valence-electron chi connectivity index (χ4n) is 1.69. The molecule has 2 unspecified atom stereocenters. The molecular formula is C17H20O7. The van der Waals surface area contributed by atoms with E-state index in [-0.39, 0.29) is 17.7 Å². The lowest BCUT2D eigenvalue weighted by Gasteiger charge is -2.19. The molecule has 24 heavy (non-hydrogen) atoms. The number of hydrogen-bond donors (Lipinski definition) is 2. The summed E-state index contributed by atoms with van der Waals surface area (Å²) in [5.41, 5.74) is -2.02. The normalized spacial score (nSPS) is 14.2. The zero-order valence-electron chi connectivity index (χ0n) is 13.5. The van der Waals surface area contributed by atoms with Gasteiger partial charge in [-0.2, -0.15) is 0 Å². The molecule has 1 rings (SSSR count). The minimum absolute atomic E-state index is 0.0437. The average Bonchev–Trinajstić information content (AvgIpc) is 2.56. The van der Waals surface area contributed by atoms with Crippen LogP contribution >= 0.6 is 0 Å². The molecule has 0 heterocycles. The van der Waals surface area contributed by atoms with E-state index in [1.165, 1.54) is 38.1 Å². The van der Waals surface area contributed by atoms with E-state index in [1.807, 2.05) is 0 Å². The number of aliphatic hydroxyl groups excluding tert-OH is 1. The maximum absolute atomic E-state index is 12.1. The largest absolute Gasteiger partial charge is 0.459 e. The number of esters is 2. The number of carbonyl (C=O) groups is 3. The number of ether oxygens (including phenoxy) is 2. The van der Waals surface area contributed by atoms with E-state index >= 15 is 0 Å². The Morgan fingerprint density at radius 1 is 1.21 bits per heavy atom. The van der Waals surface area contributed by atoms with Crippen LogP contribution in [0.25, 0.3) is 0 Å². The van der Waals surface area contributed by atoms with Crippen LogP contribution in [0.4, 0.5) is 0 Å². The van der Waals surface area contributed by atoms with Gasteiger partial charge in [0.2, 0.25) is 0 Å². The van der Waals surface area contributed by atoms with Crippen LogP contribution in [0.5, 0.6) is 0 Å². The van der Waals surface area contributed by atoms with Gasteiger partial charge in [0.05, 0.1) is 17.2 Å². The Morgan fingerprint density at radius 3 is 2.17 bits per heavy atom. The zero-order valence-corrected chi connectivity index (χ0v) is 13.5. The topological polar surface area (TPSA) is 110 Å². The first-order valence-corrected chi connectivity index (χ1v) is 7.19. The minimum Gasteiger partial charge on any atom is -0.459 e. The molecule has 1 aromatic carbocycles. The molecule has 0 aliphatic carbocycles. The van der Waals surface area contributed by atoms with Gasteiger partial charge >= 0.3 is 11.9 Å². The smallest absolute Gasteiger partial charge is 0.339 e. The molecule has 0 saturated carbocycles. The highest BCUT2D eigenvalue weighted by Gasteiger charge is 2.30. The molecule has 0 bridgehead atoms. The molecule has 2 atom stereocenters. The van der Waals surface area contributed by atoms with Gasteiger partial charge < -0.3 is 19.7 Å². The van der Waals surface area contributed by atoms with Gasteiger partial charge in [-0.25, -0.2) is 9.59 Å². The first-order valence-electron chi connectivity index (χ1n) is 7.19. The van der Waals surface area contributed by atoms with Crippen molar-refractivity contribution in [2.24, 2.45) is 0 Å². The summed E-state index contributed by atoms with van der Waals surface area (Å²) in [6.07, 6.45) is 0.0861. The average molecular weight is 336 g/mol. The molecule has 1 aromatic rings. The van der Waals surface area contributed by atoms with Crippen LogP contribution in [-0.4, -0.2) is 52.9 Å². The number of carbonyl (C=O) groups excluding carboxylic acids is 3. The van der Waals surface area contributed by atoms with E-state index in [1.54, 1.807) is 0 Å². The fourth-order valence-corrected chi connectivity index (χ4v) is 1.69. The third-order valence-corrected chi connectivity index (χ3v) is 3.02. The van der Waals surface area contributed by atoms with Gasteiger partial charge in [-0.15, -0.1) is 0 Å². The Kier molecular flexibility index (Phi) is 6.82. The summed E-state index contributed by atoms with van der Waals surface area (Å²) >= 11 is 0. The molecule has 0 amide bonds. The number of ketones is 1. The van der Waals surface area contributed by atoms with Crippen molar-refractivity contribution in [3.8, 4) is 0 Å². The first kappa shape index (κ1) is 19.5. The Hall–Kier alpha value is -2.51. The van der Waals surface area contributed by atoms with Crippen molar-refractivity contribution in [3.05, 3.63) is 48.0 Å². The maximum atomic E-state index is 12.1. The quantitative estimate of drug-likeness (QED) is 0.536. The highest BCUT2D eigenvalue weighted by Crippen LogP contribution is 2.14. The van der Waals surface area contributed by atoms with Gasteiger partial charge in [0.15, 0.2) is 11.4 Å². The molecule has 0 fully saturated rings. The number of rotatable bonds is 8. The number of aliphatic hydroxyl groups is 2. The summed E-state index contributed by atoms with van der Waals surface area (Å²) in [5, 5.41) is 19.0. The summed E-state index contributed by atoms with van der Waals surface area (Å²) in [6.45, 7) is 5.08. The van der Waals surface area contributed by atoms with Crippen LogP contribution in [0.15, 0.2) is 36.9 Å². The summed E-state index contributed by atoms with van der Waals surface area (Å²) in [5.74, 6) is -2.38. The molecule has 2 N–H and O–H groups in total.